The summed E-state index contributed by atoms with van der Waals surface area (Å²) in [5.74, 6) is -0.0931. The Labute approximate surface area is 110 Å². The van der Waals surface area contributed by atoms with Crippen LogP contribution in [-0.2, 0) is 14.3 Å². The fraction of sp³-hybridized carbons (Fsp3) is 0.923. The zero-order chi connectivity index (χ0) is 13.4. The summed E-state index contributed by atoms with van der Waals surface area (Å²) in [5, 5.41) is 3.12. The fourth-order valence-corrected chi connectivity index (χ4v) is 2.34. The first-order valence-corrected chi connectivity index (χ1v) is 6.89. The lowest BCUT2D eigenvalue weighted by atomic mass is 10.1. The number of likely N-dealkylation sites (N-methyl/N-ethyl adjacent to an activating group) is 1. The maximum absolute atomic E-state index is 12.0. The molecule has 5 nitrogen and oxygen atoms in total. The smallest absolute Gasteiger partial charge is 0.323 e. The third-order valence-electron chi connectivity index (χ3n) is 3.16. The van der Waals surface area contributed by atoms with Crippen molar-refractivity contribution >= 4 is 5.97 Å². The van der Waals surface area contributed by atoms with Crippen LogP contribution in [0.1, 0.15) is 26.7 Å². The van der Waals surface area contributed by atoms with Crippen LogP contribution in [0.15, 0.2) is 0 Å². The van der Waals surface area contributed by atoms with Gasteiger partial charge >= 0.3 is 5.97 Å². The summed E-state index contributed by atoms with van der Waals surface area (Å²) >= 11 is 0. The zero-order valence-corrected chi connectivity index (χ0v) is 11.8. The van der Waals surface area contributed by atoms with Crippen LogP contribution in [0.3, 0.4) is 0 Å². The largest absolute Gasteiger partial charge is 0.465 e. The molecule has 1 saturated heterocycles. The summed E-state index contributed by atoms with van der Waals surface area (Å²) in [6.07, 6.45) is 2.00. The second-order valence-corrected chi connectivity index (χ2v) is 4.60. The van der Waals surface area contributed by atoms with E-state index in [1.54, 1.807) is 0 Å². The highest BCUT2D eigenvalue weighted by Crippen LogP contribution is 2.14. The van der Waals surface area contributed by atoms with Crippen molar-refractivity contribution in [1.82, 2.24) is 10.2 Å². The van der Waals surface area contributed by atoms with Gasteiger partial charge in [-0.15, -0.1) is 0 Å². The molecule has 1 fully saturated rings. The van der Waals surface area contributed by atoms with Crippen LogP contribution < -0.4 is 5.32 Å². The molecule has 0 saturated carbocycles. The maximum atomic E-state index is 12.0. The second kappa shape index (κ2) is 8.45. The van der Waals surface area contributed by atoms with E-state index in [-0.39, 0.29) is 18.1 Å². The van der Waals surface area contributed by atoms with Gasteiger partial charge in [-0.1, -0.05) is 13.3 Å². The molecule has 5 heteroatoms. The van der Waals surface area contributed by atoms with Gasteiger partial charge in [0.05, 0.1) is 19.3 Å². The first-order valence-electron chi connectivity index (χ1n) is 6.89. The average molecular weight is 258 g/mol. The quantitative estimate of drug-likeness (QED) is 0.679. The molecule has 0 aromatic rings. The number of carbonyl (C=O) groups is 1. The molecule has 0 aliphatic carbocycles. The van der Waals surface area contributed by atoms with Gasteiger partial charge in [-0.2, -0.15) is 0 Å². The van der Waals surface area contributed by atoms with Crippen molar-refractivity contribution in [3.63, 3.8) is 0 Å². The molecule has 0 radical (unpaired) electrons. The molecule has 1 heterocycles. The van der Waals surface area contributed by atoms with Gasteiger partial charge in [0.25, 0.3) is 0 Å². The number of hydrogen-bond acceptors (Lipinski definition) is 5. The first kappa shape index (κ1) is 15.4. The van der Waals surface area contributed by atoms with Crippen molar-refractivity contribution in [2.24, 2.45) is 0 Å². The number of rotatable bonds is 7. The predicted octanol–water partition coefficient (Wildman–Crippen LogP) is 0.638. The van der Waals surface area contributed by atoms with Crippen LogP contribution >= 0.6 is 0 Å². The van der Waals surface area contributed by atoms with E-state index in [0.29, 0.717) is 13.2 Å². The normalized spacial score (nSPS) is 22.7. The summed E-state index contributed by atoms with van der Waals surface area (Å²) in [5.41, 5.74) is 0. The van der Waals surface area contributed by atoms with Gasteiger partial charge in [0.1, 0.15) is 6.04 Å². The van der Waals surface area contributed by atoms with E-state index in [9.17, 15) is 4.79 Å². The third kappa shape index (κ3) is 4.55. The zero-order valence-electron chi connectivity index (χ0n) is 11.8. The Bertz CT molecular complexity index is 246. The molecule has 1 aliphatic rings. The number of esters is 1. The van der Waals surface area contributed by atoms with Crippen LogP contribution in [0.2, 0.25) is 0 Å². The van der Waals surface area contributed by atoms with E-state index in [1.807, 2.05) is 14.0 Å². The summed E-state index contributed by atoms with van der Waals surface area (Å²) < 4.78 is 10.8. The van der Waals surface area contributed by atoms with Gasteiger partial charge < -0.3 is 14.8 Å². The van der Waals surface area contributed by atoms with Gasteiger partial charge in [-0.05, 0) is 20.4 Å². The molecule has 0 spiro atoms. The van der Waals surface area contributed by atoms with E-state index in [1.165, 1.54) is 0 Å². The number of carbonyl (C=O) groups excluding carboxylic acids is 1. The lowest BCUT2D eigenvalue weighted by molar-refractivity contribution is -0.153. The summed E-state index contributed by atoms with van der Waals surface area (Å²) in [6, 6.07) is -0.113. The van der Waals surface area contributed by atoms with Crippen LogP contribution in [0.4, 0.5) is 0 Å². The van der Waals surface area contributed by atoms with E-state index in [0.717, 1.165) is 32.5 Å². The van der Waals surface area contributed by atoms with Crippen LogP contribution in [-0.4, -0.2) is 62.9 Å². The van der Waals surface area contributed by atoms with Gasteiger partial charge in [-0.3, -0.25) is 9.69 Å². The summed E-state index contributed by atoms with van der Waals surface area (Å²) in [7, 11) is 1.91. The minimum Gasteiger partial charge on any atom is -0.465 e. The number of nitrogens with zero attached hydrogens (tertiary/aromatic N) is 1. The standard InChI is InChI=1S/C13H26N2O3/c1-4-6-12(13(16)17-5-2)15-7-8-18-11(10-15)9-14-3/h11-12,14H,4-10H2,1-3H3. The minimum absolute atomic E-state index is 0.0931. The Morgan fingerprint density at radius 2 is 2.33 bits per heavy atom. The molecule has 1 N–H and O–H groups in total. The van der Waals surface area contributed by atoms with Gasteiger partial charge in [0.15, 0.2) is 0 Å². The number of nitrogens with one attached hydrogen (secondary N) is 1. The van der Waals surface area contributed by atoms with E-state index < -0.39 is 0 Å². The molecule has 2 unspecified atom stereocenters. The molecule has 0 bridgehead atoms. The molecule has 18 heavy (non-hydrogen) atoms. The van der Waals surface area contributed by atoms with Crippen molar-refractivity contribution in [2.45, 2.75) is 38.8 Å². The molecule has 106 valence electrons. The Kier molecular flexibility index (Phi) is 7.23. The van der Waals surface area contributed by atoms with Gasteiger partial charge in [0.2, 0.25) is 0 Å². The molecular weight excluding hydrogens is 232 g/mol. The van der Waals surface area contributed by atoms with Crippen molar-refractivity contribution in [3.8, 4) is 0 Å². The minimum atomic E-state index is -0.113. The van der Waals surface area contributed by atoms with Crippen molar-refractivity contribution in [2.75, 3.05) is 39.9 Å². The maximum Gasteiger partial charge on any atom is 0.323 e. The number of ether oxygens (including phenoxy) is 2. The monoisotopic (exact) mass is 258 g/mol. The van der Waals surface area contributed by atoms with Gasteiger partial charge in [0, 0.05) is 19.6 Å². The topological polar surface area (TPSA) is 50.8 Å². The van der Waals surface area contributed by atoms with Crippen LogP contribution in [0.25, 0.3) is 0 Å². The molecule has 1 aliphatic heterocycles. The Balaban J connectivity index is 2.57. The van der Waals surface area contributed by atoms with Crippen molar-refractivity contribution in [1.29, 1.82) is 0 Å². The molecular formula is C13H26N2O3. The van der Waals surface area contributed by atoms with Crippen molar-refractivity contribution < 1.29 is 14.3 Å². The molecule has 2 atom stereocenters. The third-order valence-corrected chi connectivity index (χ3v) is 3.16. The highest BCUT2D eigenvalue weighted by molar-refractivity contribution is 5.75. The highest BCUT2D eigenvalue weighted by atomic mass is 16.5. The van der Waals surface area contributed by atoms with Crippen LogP contribution in [0, 0.1) is 0 Å². The second-order valence-electron chi connectivity index (χ2n) is 4.60. The fourth-order valence-electron chi connectivity index (χ4n) is 2.34. The Hall–Kier alpha value is -0.650. The molecule has 1 rings (SSSR count). The number of hydrogen-bond donors (Lipinski definition) is 1. The lowest BCUT2D eigenvalue weighted by Gasteiger charge is -2.37. The van der Waals surface area contributed by atoms with Crippen molar-refractivity contribution in [3.05, 3.63) is 0 Å². The SMILES string of the molecule is CCCC(C(=O)OCC)N1CCOC(CNC)C1. The Morgan fingerprint density at radius 1 is 1.56 bits per heavy atom. The predicted molar refractivity (Wildman–Crippen MR) is 70.6 cm³/mol. The van der Waals surface area contributed by atoms with E-state index in [4.69, 9.17) is 9.47 Å². The lowest BCUT2D eigenvalue weighted by Crippen LogP contribution is -2.53. The first-order chi connectivity index (χ1) is 8.72. The molecule has 0 amide bonds. The van der Waals surface area contributed by atoms with E-state index >= 15 is 0 Å². The average Bonchev–Trinajstić information content (AvgIpc) is 2.37. The summed E-state index contributed by atoms with van der Waals surface area (Å²) in [4.78, 5) is 14.2. The highest BCUT2D eigenvalue weighted by Gasteiger charge is 2.30. The molecule has 0 aromatic heterocycles. The van der Waals surface area contributed by atoms with Gasteiger partial charge in [-0.25, -0.2) is 0 Å². The Morgan fingerprint density at radius 3 is 2.94 bits per heavy atom. The summed E-state index contributed by atoms with van der Waals surface area (Å²) in [6.45, 7) is 7.50. The van der Waals surface area contributed by atoms with Crippen LogP contribution in [0.5, 0.6) is 0 Å². The molecule has 0 aromatic carbocycles. The number of morpholine rings is 1. The van der Waals surface area contributed by atoms with E-state index in [2.05, 4.69) is 17.1 Å².